The van der Waals surface area contributed by atoms with Crippen molar-refractivity contribution in [2.75, 3.05) is 32.1 Å². The summed E-state index contributed by atoms with van der Waals surface area (Å²) in [5, 5.41) is 3.33. The first-order chi connectivity index (χ1) is 7.76. The highest BCUT2D eigenvalue weighted by molar-refractivity contribution is 5.43. The van der Waals surface area contributed by atoms with Gasteiger partial charge in [-0.15, -0.1) is 0 Å². The molecule has 1 N–H and O–H groups in total. The standard InChI is InChI=1S/C13H21N3/c1-14-10-13(6-4-7-13)11-16(2)12-5-3-8-15-9-12/h3,5,8-9,14H,4,6-7,10-11H2,1-2H3. The van der Waals surface area contributed by atoms with Crippen molar-refractivity contribution in [1.82, 2.24) is 10.3 Å². The molecule has 2 rings (SSSR count). The molecule has 0 spiro atoms. The van der Waals surface area contributed by atoms with Crippen LogP contribution in [0.4, 0.5) is 5.69 Å². The Kier molecular flexibility index (Phi) is 3.44. The SMILES string of the molecule is CNCC1(CN(C)c2cccnc2)CCC1. The van der Waals surface area contributed by atoms with Crippen molar-refractivity contribution < 1.29 is 0 Å². The second-order valence-corrected chi connectivity index (χ2v) is 4.95. The third-order valence-electron chi connectivity index (χ3n) is 3.63. The maximum atomic E-state index is 4.17. The molecule has 1 aliphatic carbocycles. The van der Waals surface area contributed by atoms with E-state index < -0.39 is 0 Å². The predicted molar refractivity (Wildman–Crippen MR) is 67.7 cm³/mol. The van der Waals surface area contributed by atoms with Gasteiger partial charge in [0.25, 0.3) is 0 Å². The minimum absolute atomic E-state index is 0.485. The third-order valence-corrected chi connectivity index (χ3v) is 3.63. The molecule has 1 saturated carbocycles. The molecule has 0 unspecified atom stereocenters. The van der Waals surface area contributed by atoms with Crippen LogP contribution in [0, 0.1) is 5.41 Å². The van der Waals surface area contributed by atoms with Crippen LogP contribution in [-0.4, -0.2) is 32.2 Å². The lowest BCUT2D eigenvalue weighted by atomic mass is 9.68. The quantitative estimate of drug-likeness (QED) is 0.820. The Balaban J connectivity index is 1.98. The van der Waals surface area contributed by atoms with Gasteiger partial charge < -0.3 is 10.2 Å². The summed E-state index contributed by atoms with van der Waals surface area (Å²) in [5.41, 5.74) is 1.70. The molecular weight excluding hydrogens is 198 g/mol. The van der Waals surface area contributed by atoms with Crippen molar-refractivity contribution >= 4 is 5.69 Å². The minimum atomic E-state index is 0.485. The van der Waals surface area contributed by atoms with Gasteiger partial charge in [0.05, 0.1) is 11.9 Å². The molecule has 1 heterocycles. The molecule has 1 aromatic heterocycles. The Morgan fingerprint density at radius 2 is 2.31 bits per heavy atom. The van der Waals surface area contributed by atoms with E-state index in [-0.39, 0.29) is 0 Å². The molecule has 3 nitrogen and oxygen atoms in total. The van der Waals surface area contributed by atoms with Gasteiger partial charge in [0.15, 0.2) is 0 Å². The summed E-state index contributed by atoms with van der Waals surface area (Å²) < 4.78 is 0. The molecule has 1 fully saturated rings. The highest BCUT2D eigenvalue weighted by Crippen LogP contribution is 2.41. The largest absolute Gasteiger partial charge is 0.373 e. The van der Waals surface area contributed by atoms with Crippen molar-refractivity contribution in [3.05, 3.63) is 24.5 Å². The van der Waals surface area contributed by atoms with Crippen LogP contribution in [0.3, 0.4) is 0 Å². The van der Waals surface area contributed by atoms with E-state index in [9.17, 15) is 0 Å². The van der Waals surface area contributed by atoms with Crippen LogP contribution in [0.15, 0.2) is 24.5 Å². The second kappa shape index (κ2) is 4.83. The molecular formula is C13H21N3. The number of hydrogen-bond acceptors (Lipinski definition) is 3. The average molecular weight is 219 g/mol. The third kappa shape index (κ3) is 2.35. The number of pyridine rings is 1. The van der Waals surface area contributed by atoms with Crippen molar-refractivity contribution in [3.63, 3.8) is 0 Å². The molecule has 16 heavy (non-hydrogen) atoms. The summed E-state index contributed by atoms with van der Waals surface area (Å²) in [6, 6.07) is 4.12. The normalized spacial score (nSPS) is 17.9. The lowest BCUT2D eigenvalue weighted by molar-refractivity contribution is 0.143. The topological polar surface area (TPSA) is 28.2 Å². The Morgan fingerprint density at radius 3 is 2.81 bits per heavy atom. The monoisotopic (exact) mass is 219 g/mol. The van der Waals surface area contributed by atoms with Crippen LogP contribution in [-0.2, 0) is 0 Å². The van der Waals surface area contributed by atoms with E-state index in [0.717, 1.165) is 13.1 Å². The predicted octanol–water partition coefficient (Wildman–Crippen LogP) is 1.91. The van der Waals surface area contributed by atoms with Crippen molar-refractivity contribution in [3.8, 4) is 0 Å². The molecule has 88 valence electrons. The van der Waals surface area contributed by atoms with Gasteiger partial charge in [0.2, 0.25) is 0 Å². The fraction of sp³-hybridized carbons (Fsp3) is 0.615. The van der Waals surface area contributed by atoms with E-state index in [0.29, 0.717) is 5.41 Å². The fourth-order valence-electron chi connectivity index (χ4n) is 2.62. The zero-order valence-corrected chi connectivity index (χ0v) is 10.2. The molecule has 1 aromatic rings. The Hall–Kier alpha value is -1.09. The van der Waals surface area contributed by atoms with Crippen LogP contribution in [0.1, 0.15) is 19.3 Å². The highest BCUT2D eigenvalue weighted by atomic mass is 15.1. The molecule has 0 aromatic carbocycles. The smallest absolute Gasteiger partial charge is 0.0550 e. The lowest BCUT2D eigenvalue weighted by Gasteiger charge is -2.44. The second-order valence-electron chi connectivity index (χ2n) is 4.95. The van der Waals surface area contributed by atoms with Gasteiger partial charge >= 0.3 is 0 Å². The molecule has 0 bridgehead atoms. The Bertz CT molecular complexity index is 319. The average Bonchev–Trinajstić information content (AvgIpc) is 2.27. The number of rotatable bonds is 5. The molecule has 1 aliphatic rings. The van der Waals surface area contributed by atoms with Gasteiger partial charge in [-0.1, -0.05) is 6.42 Å². The molecule has 0 saturated heterocycles. The van der Waals surface area contributed by atoms with Gasteiger partial charge in [-0.25, -0.2) is 0 Å². The van der Waals surface area contributed by atoms with Crippen LogP contribution in [0.5, 0.6) is 0 Å². The zero-order valence-electron chi connectivity index (χ0n) is 10.2. The maximum absolute atomic E-state index is 4.17. The molecule has 0 radical (unpaired) electrons. The van der Waals surface area contributed by atoms with Crippen molar-refractivity contribution in [1.29, 1.82) is 0 Å². The van der Waals surface area contributed by atoms with Gasteiger partial charge in [-0.3, -0.25) is 4.98 Å². The van der Waals surface area contributed by atoms with E-state index in [4.69, 9.17) is 0 Å². The number of nitrogens with one attached hydrogen (secondary N) is 1. The minimum Gasteiger partial charge on any atom is -0.373 e. The van der Waals surface area contributed by atoms with E-state index in [1.807, 2.05) is 25.5 Å². The van der Waals surface area contributed by atoms with Crippen LogP contribution >= 0.6 is 0 Å². The van der Waals surface area contributed by atoms with Crippen LogP contribution in [0.2, 0.25) is 0 Å². The molecule has 3 heteroatoms. The number of nitrogens with zero attached hydrogens (tertiary/aromatic N) is 2. The first kappa shape index (κ1) is 11.4. The fourth-order valence-corrected chi connectivity index (χ4v) is 2.62. The number of hydrogen-bond donors (Lipinski definition) is 1. The Labute approximate surface area is 97.9 Å². The van der Waals surface area contributed by atoms with Crippen molar-refractivity contribution in [2.24, 2.45) is 5.41 Å². The van der Waals surface area contributed by atoms with Gasteiger partial charge in [0.1, 0.15) is 0 Å². The Morgan fingerprint density at radius 1 is 1.50 bits per heavy atom. The number of aromatic nitrogens is 1. The molecule has 0 atom stereocenters. The highest BCUT2D eigenvalue weighted by Gasteiger charge is 2.37. The first-order valence-electron chi connectivity index (χ1n) is 6.02. The van der Waals surface area contributed by atoms with Crippen molar-refractivity contribution in [2.45, 2.75) is 19.3 Å². The molecule has 0 aliphatic heterocycles. The zero-order chi connectivity index (χ0) is 11.4. The summed E-state index contributed by atoms with van der Waals surface area (Å²) in [4.78, 5) is 6.49. The lowest BCUT2D eigenvalue weighted by Crippen LogP contribution is -2.47. The summed E-state index contributed by atoms with van der Waals surface area (Å²) in [7, 11) is 4.21. The summed E-state index contributed by atoms with van der Waals surface area (Å²) in [5.74, 6) is 0. The van der Waals surface area contributed by atoms with Gasteiger partial charge in [0, 0.05) is 31.7 Å². The number of anilines is 1. The van der Waals surface area contributed by atoms with Crippen LogP contribution in [0.25, 0.3) is 0 Å². The van der Waals surface area contributed by atoms with Crippen LogP contribution < -0.4 is 10.2 Å². The molecule has 0 amide bonds. The van der Waals surface area contributed by atoms with Gasteiger partial charge in [-0.05, 0) is 32.0 Å². The summed E-state index contributed by atoms with van der Waals surface area (Å²) in [6.45, 7) is 2.25. The maximum Gasteiger partial charge on any atom is 0.0550 e. The van der Waals surface area contributed by atoms with E-state index >= 15 is 0 Å². The summed E-state index contributed by atoms with van der Waals surface area (Å²) in [6.07, 6.45) is 7.83. The van der Waals surface area contributed by atoms with E-state index in [2.05, 4.69) is 28.3 Å². The van der Waals surface area contributed by atoms with Gasteiger partial charge in [-0.2, -0.15) is 0 Å². The van der Waals surface area contributed by atoms with E-state index in [1.54, 1.807) is 0 Å². The van der Waals surface area contributed by atoms with E-state index in [1.165, 1.54) is 24.9 Å². The first-order valence-corrected chi connectivity index (χ1v) is 6.02. The summed E-state index contributed by atoms with van der Waals surface area (Å²) >= 11 is 0.